The number of benzene rings is 1. The third kappa shape index (κ3) is 2.79. The number of nitrogens with zero attached hydrogens (tertiary/aromatic N) is 5. The second-order valence-corrected chi connectivity index (χ2v) is 5.48. The molecule has 3 N–H and O–H groups in total. The van der Waals surface area contributed by atoms with E-state index in [9.17, 15) is 0 Å². The molecule has 1 fully saturated rings. The standard InChI is InChI=1S/C16H17N7O.2H2/c17-14-13(20-12(10-19-14)23-8-6-18-7-9-23)16-22-21-15(24-16)11-4-2-1-3-5-11;;/h1-5,10,18H,6-9H2,(H2,17,19);2*1H. The van der Waals surface area contributed by atoms with E-state index in [2.05, 4.69) is 30.4 Å². The van der Waals surface area contributed by atoms with Gasteiger partial charge in [-0.05, 0) is 12.1 Å². The van der Waals surface area contributed by atoms with Gasteiger partial charge in [0.05, 0.1) is 6.20 Å². The van der Waals surface area contributed by atoms with Gasteiger partial charge in [0.2, 0.25) is 5.89 Å². The number of hydrogen-bond acceptors (Lipinski definition) is 8. The number of nitrogens with one attached hydrogen (secondary N) is 1. The quantitative estimate of drug-likeness (QED) is 0.748. The first-order valence-electron chi connectivity index (χ1n) is 7.79. The molecule has 24 heavy (non-hydrogen) atoms. The molecule has 126 valence electrons. The van der Waals surface area contributed by atoms with Crippen LogP contribution in [-0.4, -0.2) is 46.3 Å². The minimum Gasteiger partial charge on any atom is -0.414 e. The van der Waals surface area contributed by atoms with Crippen molar-refractivity contribution < 1.29 is 7.27 Å². The summed E-state index contributed by atoms with van der Waals surface area (Å²) in [4.78, 5) is 11.0. The number of nitrogens with two attached hydrogens (primary N) is 1. The van der Waals surface area contributed by atoms with E-state index in [-0.39, 0.29) is 14.6 Å². The first kappa shape index (κ1) is 14.6. The van der Waals surface area contributed by atoms with Crippen molar-refractivity contribution in [1.82, 2.24) is 25.5 Å². The van der Waals surface area contributed by atoms with Crippen LogP contribution in [0, 0.1) is 0 Å². The van der Waals surface area contributed by atoms with Gasteiger partial charge in [-0.25, -0.2) is 9.97 Å². The maximum atomic E-state index is 5.97. The summed E-state index contributed by atoms with van der Waals surface area (Å²) in [5, 5.41) is 11.5. The lowest BCUT2D eigenvalue weighted by atomic mass is 10.2. The van der Waals surface area contributed by atoms with Gasteiger partial charge >= 0.3 is 0 Å². The molecule has 8 nitrogen and oxygen atoms in total. The SMILES string of the molecule is Nc1ncc(N2CCNCC2)nc1-c1nnc(-c2ccccc2)o1.[HH].[HH]. The third-order valence-electron chi connectivity index (χ3n) is 3.88. The Bertz CT molecular complexity index is 838. The summed E-state index contributed by atoms with van der Waals surface area (Å²) in [6, 6.07) is 9.57. The molecule has 1 aliphatic heterocycles. The minimum absolute atomic E-state index is 0. The van der Waals surface area contributed by atoms with Crippen molar-refractivity contribution in [3.05, 3.63) is 36.5 Å². The topological polar surface area (TPSA) is 106 Å². The van der Waals surface area contributed by atoms with E-state index in [0.29, 0.717) is 11.6 Å². The molecule has 8 heteroatoms. The van der Waals surface area contributed by atoms with Crippen molar-refractivity contribution in [3.8, 4) is 23.0 Å². The lowest BCUT2D eigenvalue weighted by Gasteiger charge is -2.28. The van der Waals surface area contributed by atoms with E-state index < -0.39 is 0 Å². The Hall–Kier alpha value is -3.00. The molecular formula is C16H21N7O. The minimum atomic E-state index is 0. The molecule has 1 saturated heterocycles. The number of aromatic nitrogens is 4. The molecule has 2 aromatic heterocycles. The second kappa shape index (κ2) is 6.25. The zero-order valence-corrected chi connectivity index (χ0v) is 13.0. The van der Waals surface area contributed by atoms with Gasteiger partial charge < -0.3 is 20.4 Å². The molecule has 3 aromatic rings. The van der Waals surface area contributed by atoms with Gasteiger partial charge in [0.1, 0.15) is 5.82 Å². The summed E-state index contributed by atoms with van der Waals surface area (Å²) in [7, 11) is 0. The van der Waals surface area contributed by atoms with Crippen molar-refractivity contribution in [3.63, 3.8) is 0 Å². The van der Waals surface area contributed by atoms with Crippen molar-refractivity contribution in [1.29, 1.82) is 0 Å². The van der Waals surface area contributed by atoms with Crippen molar-refractivity contribution in [2.75, 3.05) is 36.8 Å². The molecule has 0 unspecified atom stereocenters. The maximum Gasteiger partial charge on any atom is 0.270 e. The van der Waals surface area contributed by atoms with Gasteiger partial charge in [-0.15, -0.1) is 10.2 Å². The number of piperazine rings is 1. The molecule has 0 atom stereocenters. The smallest absolute Gasteiger partial charge is 0.270 e. The fraction of sp³-hybridized carbons (Fsp3) is 0.250. The Morgan fingerprint density at radius 3 is 2.62 bits per heavy atom. The maximum absolute atomic E-state index is 5.97. The summed E-state index contributed by atoms with van der Waals surface area (Å²) >= 11 is 0. The van der Waals surface area contributed by atoms with E-state index in [1.807, 2.05) is 30.3 Å². The second-order valence-electron chi connectivity index (χ2n) is 5.48. The molecule has 4 rings (SSSR count). The molecule has 0 radical (unpaired) electrons. The zero-order chi connectivity index (χ0) is 16.4. The molecule has 1 aromatic carbocycles. The van der Waals surface area contributed by atoms with Gasteiger partial charge in [0.25, 0.3) is 5.89 Å². The van der Waals surface area contributed by atoms with E-state index >= 15 is 0 Å². The monoisotopic (exact) mass is 327 g/mol. The summed E-state index contributed by atoms with van der Waals surface area (Å²) in [5.41, 5.74) is 7.23. The molecule has 0 saturated carbocycles. The highest BCUT2D eigenvalue weighted by Gasteiger charge is 2.19. The van der Waals surface area contributed by atoms with Gasteiger partial charge in [-0.1, -0.05) is 18.2 Å². The average molecular weight is 327 g/mol. The molecular weight excluding hydrogens is 306 g/mol. The first-order chi connectivity index (χ1) is 11.8. The number of nitrogen functional groups attached to an aromatic ring is 1. The molecule has 0 bridgehead atoms. The summed E-state index contributed by atoms with van der Waals surface area (Å²) in [6.07, 6.45) is 1.68. The summed E-state index contributed by atoms with van der Waals surface area (Å²) in [6.45, 7) is 3.58. The molecule has 0 amide bonds. The first-order valence-corrected chi connectivity index (χ1v) is 7.79. The number of rotatable bonds is 3. The Morgan fingerprint density at radius 1 is 1.08 bits per heavy atom. The highest BCUT2D eigenvalue weighted by atomic mass is 16.4. The Labute approximate surface area is 141 Å². The summed E-state index contributed by atoms with van der Waals surface area (Å²) < 4.78 is 5.74. The van der Waals surface area contributed by atoms with Crippen LogP contribution in [-0.2, 0) is 0 Å². The predicted molar refractivity (Wildman–Crippen MR) is 94.5 cm³/mol. The van der Waals surface area contributed by atoms with E-state index in [1.165, 1.54) is 0 Å². The van der Waals surface area contributed by atoms with Gasteiger partial charge in [0, 0.05) is 34.6 Å². The van der Waals surface area contributed by atoms with Crippen LogP contribution < -0.4 is 16.0 Å². The lowest BCUT2D eigenvalue weighted by molar-refractivity contribution is 0.576. The number of anilines is 2. The Balaban J connectivity index is 0.00000121. The van der Waals surface area contributed by atoms with E-state index in [4.69, 9.17) is 10.2 Å². The molecule has 1 aliphatic rings. The normalized spacial score (nSPS) is 14.8. The van der Waals surface area contributed by atoms with Crippen molar-refractivity contribution in [2.45, 2.75) is 0 Å². The summed E-state index contributed by atoms with van der Waals surface area (Å²) in [5.74, 6) is 1.74. The molecule has 0 aliphatic carbocycles. The zero-order valence-electron chi connectivity index (χ0n) is 13.0. The van der Waals surface area contributed by atoms with Gasteiger partial charge in [0.15, 0.2) is 11.5 Å². The van der Waals surface area contributed by atoms with Gasteiger partial charge in [-0.3, -0.25) is 0 Å². The van der Waals surface area contributed by atoms with Crippen LogP contribution in [0.2, 0.25) is 0 Å². The predicted octanol–water partition coefficient (Wildman–Crippen LogP) is 1.68. The van der Waals surface area contributed by atoms with Crippen LogP contribution in [0.1, 0.15) is 2.85 Å². The van der Waals surface area contributed by atoms with Crippen LogP contribution in [0.3, 0.4) is 0 Å². The fourth-order valence-electron chi connectivity index (χ4n) is 2.61. The van der Waals surface area contributed by atoms with Gasteiger partial charge in [-0.2, -0.15) is 0 Å². The molecule has 0 spiro atoms. The lowest BCUT2D eigenvalue weighted by Crippen LogP contribution is -2.44. The number of hydrogen-bond donors (Lipinski definition) is 2. The highest BCUT2D eigenvalue weighted by molar-refractivity contribution is 5.65. The van der Waals surface area contributed by atoms with Crippen LogP contribution >= 0.6 is 0 Å². The Morgan fingerprint density at radius 2 is 1.83 bits per heavy atom. The van der Waals surface area contributed by atoms with Crippen molar-refractivity contribution in [2.24, 2.45) is 0 Å². The van der Waals surface area contributed by atoms with Crippen LogP contribution in [0.4, 0.5) is 11.6 Å². The fourth-order valence-corrected chi connectivity index (χ4v) is 2.61. The highest BCUT2D eigenvalue weighted by Crippen LogP contribution is 2.27. The average Bonchev–Trinajstić information content (AvgIpc) is 3.13. The van der Waals surface area contributed by atoms with Crippen LogP contribution in [0.25, 0.3) is 23.0 Å². The van der Waals surface area contributed by atoms with Crippen LogP contribution in [0.5, 0.6) is 0 Å². The third-order valence-corrected chi connectivity index (χ3v) is 3.88. The Kier molecular flexibility index (Phi) is 3.80. The van der Waals surface area contributed by atoms with Crippen LogP contribution in [0.15, 0.2) is 40.9 Å². The van der Waals surface area contributed by atoms with E-state index in [0.717, 1.165) is 37.6 Å². The van der Waals surface area contributed by atoms with E-state index in [1.54, 1.807) is 6.20 Å². The van der Waals surface area contributed by atoms with Crippen molar-refractivity contribution >= 4 is 11.6 Å². The molecule has 3 heterocycles. The largest absolute Gasteiger partial charge is 0.414 e.